The van der Waals surface area contributed by atoms with Gasteiger partial charge in [-0.3, -0.25) is 4.98 Å². The van der Waals surface area contributed by atoms with Crippen LogP contribution in [0.1, 0.15) is 0 Å². The van der Waals surface area contributed by atoms with Gasteiger partial charge in [-0.15, -0.1) is 0 Å². The summed E-state index contributed by atoms with van der Waals surface area (Å²) in [4.78, 5) is 17.4. The number of hydrogen-bond donors (Lipinski definition) is 0. The van der Waals surface area contributed by atoms with Crippen molar-refractivity contribution < 1.29 is 0 Å². The molecular weight excluding hydrogens is 622 g/mol. The topological polar surface area (TPSA) is 32.3 Å². The van der Waals surface area contributed by atoms with E-state index in [4.69, 9.17) is 9.97 Å². The predicted molar refractivity (Wildman–Crippen MR) is 202 cm³/mol. The van der Waals surface area contributed by atoms with Crippen molar-refractivity contribution in [2.45, 2.75) is 19.8 Å². The molecular formula is C40H24B2N4S2. The second kappa shape index (κ2) is 10.2. The minimum absolute atomic E-state index is 0.0175. The zero-order chi connectivity index (χ0) is 31.3. The van der Waals surface area contributed by atoms with Gasteiger partial charge in [0.25, 0.3) is 6.71 Å². The van der Waals surface area contributed by atoms with Crippen LogP contribution in [0, 0.1) is 0 Å². The molecule has 0 saturated carbocycles. The molecule has 0 atom stereocenters. The van der Waals surface area contributed by atoms with E-state index in [0.717, 1.165) is 21.4 Å². The van der Waals surface area contributed by atoms with Crippen LogP contribution in [0.5, 0.6) is 0 Å². The van der Waals surface area contributed by atoms with E-state index in [1.165, 1.54) is 65.3 Å². The molecule has 0 N–H and O–H groups in total. The van der Waals surface area contributed by atoms with Crippen LogP contribution >= 0.6 is 23.5 Å². The first-order valence-electron chi connectivity index (χ1n) is 16.2. The highest BCUT2D eigenvalue weighted by atomic mass is 32.2. The number of hydrogen-bond acceptors (Lipinski definition) is 6. The molecule has 4 aliphatic heterocycles. The second-order valence-corrected chi connectivity index (χ2v) is 14.6. The lowest BCUT2D eigenvalue weighted by atomic mass is 9.31. The molecule has 0 radical (unpaired) electrons. The lowest BCUT2D eigenvalue weighted by molar-refractivity contribution is 1.10. The molecule has 8 heteroatoms. The molecule has 222 valence electrons. The van der Waals surface area contributed by atoms with Crippen molar-refractivity contribution in [1.82, 2.24) is 9.97 Å². The molecule has 0 bridgehead atoms. The van der Waals surface area contributed by atoms with Crippen LogP contribution in [-0.4, -0.2) is 23.4 Å². The molecule has 6 heterocycles. The smallest absolute Gasteiger partial charge is 0.253 e. The number of nitrogens with zero attached hydrogens (tertiary/aromatic N) is 4. The van der Waals surface area contributed by atoms with Crippen molar-refractivity contribution >= 4 is 104 Å². The van der Waals surface area contributed by atoms with Gasteiger partial charge in [-0.1, -0.05) is 102 Å². The van der Waals surface area contributed by atoms with Crippen LogP contribution in [0.4, 0.5) is 34.1 Å². The number of benzene rings is 5. The molecule has 0 spiro atoms. The van der Waals surface area contributed by atoms with Crippen LogP contribution in [0.15, 0.2) is 166 Å². The maximum absolute atomic E-state index is 4.95. The molecule has 11 rings (SSSR count). The molecule has 0 saturated heterocycles. The van der Waals surface area contributed by atoms with Crippen LogP contribution in [-0.2, 0) is 0 Å². The molecule has 4 aliphatic rings. The summed E-state index contributed by atoms with van der Waals surface area (Å²) in [6.45, 7) is 0.129. The van der Waals surface area contributed by atoms with E-state index in [0.29, 0.717) is 0 Å². The van der Waals surface area contributed by atoms with Gasteiger partial charge in [0.05, 0.1) is 10.1 Å². The van der Waals surface area contributed by atoms with E-state index in [9.17, 15) is 0 Å². The first-order chi connectivity index (χ1) is 23.8. The van der Waals surface area contributed by atoms with Gasteiger partial charge >= 0.3 is 0 Å². The normalized spacial score (nSPS) is 14.3. The summed E-state index contributed by atoms with van der Waals surface area (Å²) < 4.78 is 0. The molecule has 0 amide bonds. The molecule has 48 heavy (non-hydrogen) atoms. The van der Waals surface area contributed by atoms with E-state index >= 15 is 0 Å². The van der Waals surface area contributed by atoms with E-state index in [1.54, 1.807) is 11.8 Å². The highest BCUT2D eigenvalue weighted by Crippen LogP contribution is 2.45. The maximum atomic E-state index is 4.95. The molecule has 0 unspecified atom stereocenters. The number of rotatable bonds is 2. The van der Waals surface area contributed by atoms with Gasteiger partial charge in [0.1, 0.15) is 0 Å². The van der Waals surface area contributed by atoms with E-state index in [1.807, 2.05) is 24.2 Å². The number of para-hydroxylation sites is 2. The number of fused-ring (bicyclic) bond motifs is 8. The summed E-state index contributed by atoms with van der Waals surface area (Å²) in [5.74, 6) is 0. The van der Waals surface area contributed by atoms with Gasteiger partial charge in [-0.25, -0.2) is 4.98 Å². The van der Waals surface area contributed by atoms with Gasteiger partial charge in [-0.2, -0.15) is 0 Å². The van der Waals surface area contributed by atoms with Gasteiger partial charge in [0.15, 0.2) is 0 Å². The number of anilines is 6. The fraction of sp³-hybridized carbons (Fsp3) is 0. The molecule has 2 aromatic heterocycles. The molecule has 7 aromatic rings. The fourth-order valence-corrected chi connectivity index (χ4v) is 10.4. The Morgan fingerprint density at radius 3 is 1.81 bits per heavy atom. The first kappa shape index (κ1) is 26.9. The Bertz CT molecular complexity index is 2290. The third-order valence-corrected chi connectivity index (χ3v) is 12.3. The zero-order valence-corrected chi connectivity index (χ0v) is 27.2. The summed E-state index contributed by atoms with van der Waals surface area (Å²) in [6.07, 6.45) is 3.86. The summed E-state index contributed by atoms with van der Waals surface area (Å²) >= 11 is 3.58. The van der Waals surface area contributed by atoms with Gasteiger partial charge in [0, 0.05) is 56.3 Å². The van der Waals surface area contributed by atoms with Crippen LogP contribution in [0.25, 0.3) is 0 Å². The Kier molecular flexibility index (Phi) is 5.69. The van der Waals surface area contributed by atoms with Crippen molar-refractivity contribution in [3.05, 3.63) is 146 Å². The van der Waals surface area contributed by atoms with Crippen LogP contribution in [0.3, 0.4) is 0 Å². The fourth-order valence-electron chi connectivity index (χ4n) is 8.22. The average Bonchev–Trinajstić information content (AvgIpc) is 3.14. The largest absolute Gasteiger partial charge is 0.311 e. The van der Waals surface area contributed by atoms with Crippen LogP contribution < -0.4 is 42.6 Å². The van der Waals surface area contributed by atoms with Gasteiger partial charge in [-0.05, 0) is 88.0 Å². The van der Waals surface area contributed by atoms with Crippen molar-refractivity contribution in [3.8, 4) is 0 Å². The highest BCUT2D eigenvalue weighted by Gasteiger charge is 2.46. The molecule has 4 nitrogen and oxygen atoms in total. The summed E-state index contributed by atoms with van der Waals surface area (Å²) in [5, 5.41) is 2.07. The standard InChI is InChI=1S/C40H24B2N4S2/c1-3-11-25(12-4-1)45-31-17-9-19-36-37(31)41(27-15-7-8-18-35(27)47-36)29-23-30-34(24-33(29)45)46(26-13-5-2-6-14-26)32-20-22-44-40-38(32)42(30)28-16-10-21-43-39(28)48-40/h1-24H. The summed E-state index contributed by atoms with van der Waals surface area (Å²) in [7, 11) is 0. The Labute approximate surface area is 288 Å². The average molecular weight is 646 g/mol. The third-order valence-electron chi connectivity index (χ3n) is 10.1. The summed E-state index contributed by atoms with van der Waals surface area (Å²) in [5.41, 5.74) is 15.0. The quantitative estimate of drug-likeness (QED) is 0.214. The van der Waals surface area contributed by atoms with Crippen molar-refractivity contribution in [1.29, 1.82) is 0 Å². The Hall–Kier alpha value is -5.17. The van der Waals surface area contributed by atoms with Crippen molar-refractivity contribution in [2.75, 3.05) is 9.80 Å². The van der Waals surface area contributed by atoms with E-state index in [2.05, 4.69) is 143 Å². The van der Waals surface area contributed by atoms with E-state index < -0.39 is 0 Å². The number of pyridine rings is 2. The van der Waals surface area contributed by atoms with Crippen molar-refractivity contribution in [3.63, 3.8) is 0 Å². The summed E-state index contributed by atoms with van der Waals surface area (Å²) in [6, 6.07) is 48.9. The maximum Gasteiger partial charge on any atom is 0.253 e. The zero-order valence-electron chi connectivity index (χ0n) is 25.6. The lowest BCUT2D eigenvalue weighted by Gasteiger charge is -2.44. The molecule has 0 fully saturated rings. The van der Waals surface area contributed by atoms with Gasteiger partial charge < -0.3 is 9.80 Å². The highest BCUT2D eigenvalue weighted by molar-refractivity contribution is 8.00. The minimum atomic E-state index is 0.0175. The first-order valence-corrected chi connectivity index (χ1v) is 17.9. The van der Waals surface area contributed by atoms with Gasteiger partial charge in [0.2, 0.25) is 6.71 Å². The SMILES string of the molecule is c1ccc(N2c3cc4c(cc3B3c5ccccc5Sc5cccc2c53)B2c3cccnc3Sc3nccc(c32)N4c2ccccc2)cc1. The minimum Gasteiger partial charge on any atom is -0.311 e. The predicted octanol–water partition coefficient (Wildman–Crippen LogP) is 6.00. The Morgan fingerprint density at radius 1 is 0.417 bits per heavy atom. The number of aromatic nitrogens is 2. The van der Waals surface area contributed by atoms with E-state index in [-0.39, 0.29) is 13.4 Å². The lowest BCUT2D eigenvalue weighted by Crippen LogP contribution is -2.64. The van der Waals surface area contributed by atoms with Crippen molar-refractivity contribution in [2.24, 2.45) is 0 Å². The monoisotopic (exact) mass is 646 g/mol. The second-order valence-electron chi connectivity index (χ2n) is 12.6. The third kappa shape index (κ3) is 3.67. The molecule has 5 aromatic carbocycles. The Balaban J connectivity index is 1.27. The molecule has 0 aliphatic carbocycles. The van der Waals surface area contributed by atoms with Crippen LogP contribution in [0.2, 0.25) is 0 Å². The Morgan fingerprint density at radius 2 is 1.04 bits per heavy atom.